The Morgan fingerprint density at radius 3 is 2.92 bits per heavy atom. The van der Waals surface area contributed by atoms with E-state index in [1.807, 2.05) is 0 Å². The van der Waals surface area contributed by atoms with E-state index in [1.54, 1.807) is 0 Å². The number of aromatic nitrogens is 4. The largest absolute Gasteiger partial charge is 0.400 e. The average Bonchev–Trinajstić information content (AvgIpc) is 2.97. The van der Waals surface area contributed by atoms with Gasteiger partial charge in [0.15, 0.2) is 17.4 Å². The second-order valence-corrected chi connectivity index (χ2v) is 7.22. The lowest BCUT2D eigenvalue weighted by molar-refractivity contribution is -0.0948. The second kappa shape index (κ2) is 5.85. The Kier molecular flexibility index (Phi) is 4.20. The van der Waals surface area contributed by atoms with Gasteiger partial charge in [0.2, 0.25) is 5.95 Å². The number of hydrogen-bond donors (Lipinski definition) is 6. The monoisotopic (exact) mass is 376 g/mol. The van der Waals surface area contributed by atoms with Crippen molar-refractivity contribution in [3.05, 3.63) is 16.7 Å². The number of anilines is 1. The molecule has 0 aliphatic carbocycles. The van der Waals surface area contributed by atoms with Crippen molar-refractivity contribution in [3.63, 3.8) is 0 Å². The first-order chi connectivity index (χ1) is 11.5. The van der Waals surface area contributed by atoms with Crippen molar-refractivity contribution in [3.8, 4) is 0 Å². The lowest BCUT2D eigenvalue weighted by Gasteiger charge is -2.27. The summed E-state index contributed by atoms with van der Waals surface area (Å²) in [5, 5.41) is 20.9. The summed E-state index contributed by atoms with van der Waals surface area (Å²) in [6, 6.07) is 0. The number of aliphatic hydroxyl groups is 2. The predicted octanol–water partition coefficient (Wildman–Crippen LogP) is -2.21. The van der Waals surface area contributed by atoms with Crippen LogP contribution in [-0.2, 0) is 13.8 Å². The summed E-state index contributed by atoms with van der Waals surface area (Å²) in [6.45, 7) is 0.743. The maximum Gasteiger partial charge on any atom is 0.400 e. The van der Waals surface area contributed by atoms with Gasteiger partial charge in [-0.3, -0.25) is 18.9 Å². The highest BCUT2D eigenvalue weighted by Gasteiger charge is 2.53. The maximum absolute atomic E-state index is 11.8. The fourth-order valence-electron chi connectivity index (χ4n) is 2.67. The SMILES string of the molecule is C[C@@]1(O)[C@H](O)[C@@H](COP(N)(=O)O)O[C@H]1n1cnc2c(=O)[nH]c(N)nc21. The molecule has 0 aromatic carbocycles. The van der Waals surface area contributed by atoms with Gasteiger partial charge in [-0.15, -0.1) is 0 Å². The third-order valence-corrected chi connectivity index (χ3v) is 4.40. The molecule has 1 aliphatic rings. The van der Waals surface area contributed by atoms with Gasteiger partial charge in [0.25, 0.3) is 5.56 Å². The number of ether oxygens (including phenoxy) is 1. The molecular formula is C11H17N6O7P. The first-order valence-corrected chi connectivity index (χ1v) is 8.69. The highest BCUT2D eigenvalue weighted by atomic mass is 31.2. The highest BCUT2D eigenvalue weighted by Crippen LogP contribution is 2.41. The molecule has 1 unspecified atom stereocenters. The summed E-state index contributed by atoms with van der Waals surface area (Å²) in [6.07, 6.45) is -2.67. The van der Waals surface area contributed by atoms with Crippen molar-refractivity contribution in [2.75, 3.05) is 12.3 Å². The molecule has 5 atom stereocenters. The zero-order valence-electron chi connectivity index (χ0n) is 12.9. The van der Waals surface area contributed by atoms with Crippen LogP contribution in [-0.4, -0.2) is 59.0 Å². The molecule has 3 heterocycles. The van der Waals surface area contributed by atoms with Crippen LogP contribution in [0.15, 0.2) is 11.1 Å². The summed E-state index contributed by atoms with van der Waals surface area (Å²) in [5.74, 6) is -0.165. The number of fused-ring (bicyclic) bond motifs is 1. The van der Waals surface area contributed by atoms with Crippen LogP contribution in [0, 0.1) is 0 Å². The van der Waals surface area contributed by atoms with Crippen molar-refractivity contribution in [2.24, 2.45) is 5.50 Å². The lowest BCUT2D eigenvalue weighted by atomic mass is 9.96. The van der Waals surface area contributed by atoms with Gasteiger partial charge >= 0.3 is 7.75 Å². The molecule has 3 rings (SSSR count). The van der Waals surface area contributed by atoms with Crippen LogP contribution in [0.25, 0.3) is 11.2 Å². The summed E-state index contributed by atoms with van der Waals surface area (Å²) < 4.78 is 22.3. The Hall–Kier alpha value is -1.86. The normalized spacial score (nSPS) is 32.1. The summed E-state index contributed by atoms with van der Waals surface area (Å²) in [7, 11) is -4.28. The summed E-state index contributed by atoms with van der Waals surface area (Å²) in [4.78, 5) is 31.0. The average molecular weight is 376 g/mol. The number of aromatic amines is 1. The number of hydrogen-bond acceptors (Lipinski definition) is 9. The number of H-pyrrole nitrogens is 1. The van der Waals surface area contributed by atoms with E-state index in [0.717, 1.165) is 0 Å². The van der Waals surface area contributed by atoms with E-state index in [0.29, 0.717) is 0 Å². The van der Waals surface area contributed by atoms with E-state index in [2.05, 4.69) is 19.5 Å². The summed E-state index contributed by atoms with van der Waals surface area (Å²) in [5.41, 5.74) is 7.96. The molecule has 8 N–H and O–H groups in total. The molecule has 14 heteroatoms. The van der Waals surface area contributed by atoms with Gasteiger partial charge in [-0.1, -0.05) is 0 Å². The third-order valence-electron chi connectivity index (χ3n) is 3.88. The van der Waals surface area contributed by atoms with Crippen LogP contribution in [0.2, 0.25) is 0 Å². The topological polar surface area (TPSA) is 212 Å². The van der Waals surface area contributed by atoms with Gasteiger partial charge < -0.3 is 25.6 Å². The maximum atomic E-state index is 11.8. The molecule has 1 aliphatic heterocycles. The van der Waals surface area contributed by atoms with Gasteiger partial charge in [-0.25, -0.2) is 15.1 Å². The van der Waals surface area contributed by atoms with E-state index in [-0.39, 0.29) is 17.1 Å². The van der Waals surface area contributed by atoms with Crippen molar-refractivity contribution in [1.82, 2.24) is 19.5 Å². The van der Waals surface area contributed by atoms with E-state index in [9.17, 15) is 19.6 Å². The minimum absolute atomic E-state index is 0.0342. The molecule has 0 spiro atoms. The van der Waals surface area contributed by atoms with Gasteiger partial charge in [0, 0.05) is 0 Å². The van der Waals surface area contributed by atoms with Crippen LogP contribution in [0.4, 0.5) is 5.95 Å². The Bertz CT molecular complexity index is 904. The fraction of sp³-hybridized carbons (Fsp3) is 0.545. The van der Waals surface area contributed by atoms with Crippen molar-refractivity contribution in [2.45, 2.75) is 31.0 Å². The number of nitrogens with two attached hydrogens (primary N) is 2. The van der Waals surface area contributed by atoms with Gasteiger partial charge in [0.1, 0.15) is 17.8 Å². The Morgan fingerprint density at radius 2 is 2.28 bits per heavy atom. The van der Waals surface area contributed by atoms with E-state index < -0.39 is 43.9 Å². The number of nitrogens with one attached hydrogen (secondary N) is 1. The van der Waals surface area contributed by atoms with Gasteiger partial charge in [-0.2, -0.15) is 4.98 Å². The molecule has 0 bridgehead atoms. The molecule has 0 saturated carbocycles. The van der Waals surface area contributed by atoms with E-state index >= 15 is 0 Å². The highest BCUT2D eigenvalue weighted by molar-refractivity contribution is 7.50. The molecule has 13 nitrogen and oxygen atoms in total. The first-order valence-electron chi connectivity index (χ1n) is 7.05. The number of rotatable bonds is 4. The van der Waals surface area contributed by atoms with Crippen molar-refractivity contribution < 1.29 is 28.9 Å². The smallest absolute Gasteiger partial charge is 0.387 e. The Labute approximate surface area is 139 Å². The molecule has 0 radical (unpaired) electrons. The molecule has 1 saturated heterocycles. The van der Waals surface area contributed by atoms with Crippen LogP contribution in [0.1, 0.15) is 13.2 Å². The van der Waals surface area contributed by atoms with Crippen molar-refractivity contribution in [1.29, 1.82) is 0 Å². The first kappa shape index (κ1) is 17.9. The second-order valence-electron chi connectivity index (χ2n) is 5.83. The molecular weight excluding hydrogens is 359 g/mol. The van der Waals surface area contributed by atoms with Crippen LogP contribution < -0.4 is 16.8 Å². The Balaban J connectivity index is 1.97. The minimum Gasteiger partial charge on any atom is -0.387 e. The number of aliphatic hydroxyl groups excluding tert-OH is 1. The van der Waals surface area contributed by atoms with Gasteiger partial charge in [-0.05, 0) is 6.92 Å². The zero-order chi connectivity index (χ0) is 18.6. The number of imidazole rings is 1. The zero-order valence-corrected chi connectivity index (χ0v) is 13.8. The van der Waals surface area contributed by atoms with Gasteiger partial charge in [0.05, 0.1) is 12.9 Å². The van der Waals surface area contributed by atoms with E-state index in [4.69, 9.17) is 20.9 Å². The lowest BCUT2D eigenvalue weighted by Crippen LogP contribution is -2.44. The summed E-state index contributed by atoms with van der Waals surface area (Å²) >= 11 is 0. The standard InChI is InChI=1S/C11H17N6O7P/c1-11(20)6(18)4(2-23-25(13,21)22)24-9(11)17-3-14-5-7(17)15-10(12)16-8(5)19/h3-4,6,9,18,20H,2H2,1H3,(H3,13,21,22)(H3,12,15,16,19)/t4-,6-,9-,11-/m1/s1. The number of nitrogens with zero attached hydrogens (tertiary/aromatic N) is 3. The third kappa shape index (κ3) is 3.18. The quantitative estimate of drug-likeness (QED) is 0.315. The number of nitrogen functional groups attached to an aromatic ring is 1. The molecule has 138 valence electrons. The van der Waals surface area contributed by atoms with Crippen molar-refractivity contribution >= 4 is 24.9 Å². The molecule has 2 aromatic heterocycles. The van der Waals surface area contributed by atoms with E-state index in [1.165, 1.54) is 17.8 Å². The van der Waals surface area contributed by atoms with Crippen LogP contribution in [0.3, 0.4) is 0 Å². The predicted molar refractivity (Wildman–Crippen MR) is 83.1 cm³/mol. The van der Waals surface area contributed by atoms with Crippen LogP contribution >= 0.6 is 7.75 Å². The molecule has 2 aromatic rings. The molecule has 1 fully saturated rings. The molecule has 0 amide bonds. The van der Waals surface area contributed by atoms with Crippen LogP contribution in [0.5, 0.6) is 0 Å². The fourth-order valence-corrected chi connectivity index (χ4v) is 3.03. The minimum atomic E-state index is -4.28. The Morgan fingerprint density at radius 1 is 1.60 bits per heavy atom. The molecule has 25 heavy (non-hydrogen) atoms.